The molecule has 1 heterocycles. The summed E-state index contributed by atoms with van der Waals surface area (Å²) in [4.78, 5) is 1.68. The fraction of sp³-hybridized carbons (Fsp3) is 0.267. The van der Waals surface area contributed by atoms with Gasteiger partial charge in [0, 0.05) is 0 Å². The number of rotatable bonds is 5. The van der Waals surface area contributed by atoms with E-state index in [4.69, 9.17) is 0 Å². The second-order valence-corrected chi connectivity index (χ2v) is 4.77. The molecule has 2 aromatic carbocycles. The fourth-order valence-electron chi connectivity index (χ4n) is 2.43. The van der Waals surface area contributed by atoms with Gasteiger partial charge in [-0.25, -0.2) is 0 Å². The zero-order valence-electron chi connectivity index (χ0n) is 11.4. The van der Waals surface area contributed by atoms with Crippen LogP contribution in [0.5, 0.6) is 0 Å². The van der Waals surface area contributed by atoms with E-state index >= 15 is 0 Å². The van der Waals surface area contributed by atoms with Crippen molar-refractivity contribution in [3.8, 4) is 0 Å². The lowest BCUT2D eigenvalue weighted by Gasteiger charge is -2.16. The predicted octanol–water partition coefficient (Wildman–Crippen LogP) is 2.03. The van der Waals surface area contributed by atoms with E-state index in [0.29, 0.717) is 0 Å². The molecule has 3 rings (SSSR count). The zero-order valence-corrected chi connectivity index (χ0v) is 11.4. The highest BCUT2D eigenvalue weighted by Crippen LogP contribution is 2.24. The summed E-state index contributed by atoms with van der Waals surface area (Å²) < 4.78 is 0. The number of tetrazole rings is 1. The summed E-state index contributed by atoms with van der Waals surface area (Å²) in [6.45, 7) is 0.902. The maximum absolute atomic E-state index is 4.19. The van der Waals surface area contributed by atoms with Crippen LogP contribution in [0.3, 0.4) is 0 Å². The molecule has 20 heavy (non-hydrogen) atoms. The van der Waals surface area contributed by atoms with E-state index in [9.17, 15) is 0 Å². The Morgan fingerprint density at radius 3 is 2.75 bits per heavy atom. The summed E-state index contributed by atoms with van der Waals surface area (Å²) in [6, 6.07) is 15.0. The van der Waals surface area contributed by atoms with Gasteiger partial charge in [-0.2, -0.15) is 4.80 Å². The van der Waals surface area contributed by atoms with E-state index in [2.05, 4.69) is 63.2 Å². The standard InChI is InChI=1S/C15H17N5/c1-16-9-8-15(20-18-11-17-19-20)14-7-6-12-4-2-3-5-13(12)10-14/h2-7,10-11,15-16H,8-9H2,1H3/t15-/m0/s1. The first-order chi connectivity index (χ1) is 9.88. The summed E-state index contributed by atoms with van der Waals surface area (Å²) in [7, 11) is 1.95. The van der Waals surface area contributed by atoms with Crippen molar-refractivity contribution >= 4 is 10.8 Å². The van der Waals surface area contributed by atoms with Crippen molar-refractivity contribution < 1.29 is 0 Å². The Kier molecular flexibility index (Phi) is 3.69. The molecular formula is C15H17N5. The number of hydrogen-bond donors (Lipinski definition) is 1. The smallest absolute Gasteiger partial charge is 0.162 e. The van der Waals surface area contributed by atoms with Gasteiger partial charge in [0.2, 0.25) is 0 Å². The number of benzene rings is 2. The lowest BCUT2D eigenvalue weighted by atomic mass is 10.00. The largest absolute Gasteiger partial charge is 0.320 e. The zero-order chi connectivity index (χ0) is 13.8. The molecule has 1 N–H and O–H groups in total. The van der Waals surface area contributed by atoms with Crippen molar-refractivity contribution in [3.63, 3.8) is 0 Å². The first-order valence-electron chi connectivity index (χ1n) is 6.74. The van der Waals surface area contributed by atoms with Gasteiger partial charge < -0.3 is 5.32 Å². The lowest BCUT2D eigenvalue weighted by molar-refractivity contribution is 0.422. The molecule has 0 aliphatic rings. The van der Waals surface area contributed by atoms with Crippen LogP contribution in [-0.4, -0.2) is 33.8 Å². The minimum atomic E-state index is 0.106. The third-order valence-corrected chi connectivity index (χ3v) is 3.47. The SMILES string of the molecule is CNCC[C@@H](c1ccc2ccccc2c1)n1ncnn1. The van der Waals surface area contributed by atoms with E-state index < -0.39 is 0 Å². The first kappa shape index (κ1) is 12.7. The second kappa shape index (κ2) is 5.79. The van der Waals surface area contributed by atoms with E-state index in [0.717, 1.165) is 13.0 Å². The van der Waals surface area contributed by atoms with Crippen LogP contribution in [0.1, 0.15) is 18.0 Å². The molecule has 0 bridgehead atoms. The predicted molar refractivity (Wildman–Crippen MR) is 78.4 cm³/mol. The second-order valence-electron chi connectivity index (χ2n) is 4.77. The van der Waals surface area contributed by atoms with Crippen LogP contribution in [-0.2, 0) is 0 Å². The molecule has 0 amide bonds. The van der Waals surface area contributed by atoms with Gasteiger partial charge in [0.15, 0.2) is 6.33 Å². The van der Waals surface area contributed by atoms with Gasteiger partial charge in [-0.1, -0.05) is 36.4 Å². The highest BCUT2D eigenvalue weighted by atomic mass is 15.6. The third-order valence-electron chi connectivity index (χ3n) is 3.47. The number of aromatic nitrogens is 4. The van der Waals surface area contributed by atoms with Gasteiger partial charge in [0.1, 0.15) is 0 Å². The Morgan fingerprint density at radius 1 is 1.15 bits per heavy atom. The van der Waals surface area contributed by atoms with Crippen molar-refractivity contribution in [1.29, 1.82) is 0 Å². The molecular weight excluding hydrogens is 250 g/mol. The lowest BCUT2D eigenvalue weighted by Crippen LogP contribution is -2.19. The molecule has 0 spiro atoms. The van der Waals surface area contributed by atoms with E-state index in [-0.39, 0.29) is 6.04 Å². The van der Waals surface area contributed by atoms with Crippen molar-refractivity contribution in [3.05, 3.63) is 54.4 Å². The molecule has 0 saturated carbocycles. The molecule has 0 unspecified atom stereocenters. The van der Waals surface area contributed by atoms with Crippen molar-refractivity contribution in [2.24, 2.45) is 0 Å². The molecule has 0 aliphatic heterocycles. The molecule has 1 atom stereocenters. The van der Waals surface area contributed by atoms with Crippen molar-refractivity contribution in [2.45, 2.75) is 12.5 Å². The van der Waals surface area contributed by atoms with Gasteiger partial charge in [-0.05, 0) is 47.6 Å². The summed E-state index contributed by atoms with van der Waals surface area (Å²) in [5, 5.41) is 17.7. The van der Waals surface area contributed by atoms with Gasteiger partial charge in [0.05, 0.1) is 6.04 Å². The number of nitrogens with one attached hydrogen (secondary N) is 1. The molecule has 5 nitrogen and oxygen atoms in total. The Morgan fingerprint density at radius 2 is 2.00 bits per heavy atom. The fourth-order valence-corrected chi connectivity index (χ4v) is 2.43. The topological polar surface area (TPSA) is 55.6 Å². The van der Waals surface area contributed by atoms with Crippen LogP contribution < -0.4 is 5.32 Å². The average molecular weight is 267 g/mol. The van der Waals surface area contributed by atoms with Gasteiger partial charge in [-0.15, -0.1) is 10.2 Å². The third kappa shape index (κ3) is 2.53. The molecule has 0 saturated heterocycles. The number of nitrogens with zero attached hydrogens (tertiary/aromatic N) is 4. The molecule has 3 aromatic rings. The molecule has 0 radical (unpaired) electrons. The van der Waals surface area contributed by atoms with E-state index in [1.54, 1.807) is 4.80 Å². The van der Waals surface area contributed by atoms with Crippen molar-refractivity contribution in [2.75, 3.05) is 13.6 Å². The molecule has 1 aromatic heterocycles. The maximum atomic E-state index is 4.19. The number of hydrogen-bond acceptors (Lipinski definition) is 4. The first-order valence-corrected chi connectivity index (χ1v) is 6.74. The summed E-state index contributed by atoms with van der Waals surface area (Å²) in [5.74, 6) is 0. The monoisotopic (exact) mass is 267 g/mol. The molecule has 5 heteroatoms. The molecule has 0 fully saturated rings. The highest BCUT2D eigenvalue weighted by Gasteiger charge is 2.15. The quantitative estimate of drug-likeness (QED) is 0.768. The normalized spacial score (nSPS) is 12.7. The Hall–Kier alpha value is -2.27. The van der Waals surface area contributed by atoms with Crippen LogP contribution >= 0.6 is 0 Å². The van der Waals surface area contributed by atoms with E-state index in [1.165, 1.54) is 22.7 Å². The summed E-state index contributed by atoms with van der Waals surface area (Å²) in [5.41, 5.74) is 1.21. The van der Waals surface area contributed by atoms with Gasteiger partial charge in [-0.3, -0.25) is 0 Å². The average Bonchev–Trinajstić information content (AvgIpc) is 3.02. The van der Waals surface area contributed by atoms with Crippen molar-refractivity contribution in [1.82, 2.24) is 25.5 Å². The van der Waals surface area contributed by atoms with Gasteiger partial charge >= 0.3 is 0 Å². The minimum absolute atomic E-state index is 0.106. The Bertz CT molecular complexity index is 678. The van der Waals surface area contributed by atoms with Crippen LogP contribution in [0.25, 0.3) is 10.8 Å². The van der Waals surface area contributed by atoms with Crippen LogP contribution in [0.4, 0.5) is 0 Å². The number of fused-ring (bicyclic) bond motifs is 1. The minimum Gasteiger partial charge on any atom is -0.320 e. The van der Waals surface area contributed by atoms with Gasteiger partial charge in [0.25, 0.3) is 0 Å². The Labute approximate surface area is 117 Å². The maximum Gasteiger partial charge on any atom is 0.162 e. The highest BCUT2D eigenvalue weighted by molar-refractivity contribution is 5.83. The Balaban J connectivity index is 1.99. The molecule has 0 aliphatic carbocycles. The molecule has 102 valence electrons. The summed E-state index contributed by atoms with van der Waals surface area (Å²) >= 11 is 0. The van der Waals surface area contributed by atoms with E-state index in [1.807, 2.05) is 7.05 Å². The van der Waals surface area contributed by atoms with Crippen LogP contribution in [0, 0.1) is 0 Å². The van der Waals surface area contributed by atoms with Crippen LogP contribution in [0.15, 0.2) is 48.8 Å². The summed E-state index contributed by atoms with van der Waals surface area (Å²) in [6.07, 6.45) is 2.40. The van der Waals surface area contributed by atoms with Crippen LogP contribution in [0.2, 0.25) is 0 Å².